The summed E-state index contributed by atoms with van der Waals surface area (Å²) >= 11 is 5.25. The van der Waals surface area contributed by atoms with Gasteiger partial charge in [0.25, 0.3) is 5.91 Å². The predicted molar refractivity (Wildman–Crippen MR) is 127 cm³/mol. The molecule has 31 heavy (non-hydrogen) atoms. The van der Waals surface area contributed by atoms with Crippen LogP contribution in [0.4, 0.5) is 11.4 Å². The van der Waals surface area contributed by atoms with Crippen molar-refractivity contribution < 1.29 is 14.3 Å². The Balaban J connectivity index is 1.55. The second kappa shape index (κ2) is 10.4. The van der Waals surface area contributed by atoms with Gasteiger partial charge in [-0.05, 0) is 60.6 Å². The van der Waals surface area contributed by atoms with E-state index in [9.17, 15) is 9.59 Å². The molecular weight excluding hydrogens is 410 g/mol. The van der Waals surface area contributed by atoms with Gasteiger partial charge in [0.2, 0.25) is 5.91 Å². The van der Waals surface area contributed by atoms with Gasteiger partial charge in [0, 0.05) is 11.4 Å². The van der Waals surface area contributed by atoms with Gasteiger partial charge in [-0.25, -0.2) is 0 Å². The lowest BCUT2D eigenvalue weighted by Gasteiger charge is -2.13. The Bertz CT molecular complexity index is 1080. The maximum Gasteiger partial charge on any atom is 0.261 e. The molecule has 0 unspecified atom stereocenters. The number of rotatable bonds is 6. The standard InChI is InChI=1S/C24H23N3O3S/c1-16-7-6-10-20(22(16)30-2)23(29)27-24(31)26-19-13-11-18(12-14-19)25-21(28)15-17-8-4-3-5-9-17/h3-14H,15H2,1-2H3,(H,25,28)(H2,26,27,29,31). The van der Waals surface area contributed by atoms with Crippen molar-refractivity contribution >= 4 is 40.5 Å². The fourth-order valence-corrected chi connectivity index (χ4v) is 3.27. The number of anilines is 2. The molecule has 0 aromatic heterocycles. The Morgan fingerprint density at radius 3 is 2.16 bits per heavy atom. The first-order valence-electron chi connectivity index (χ1n) is 9.66. The van der Waals surface area contributed by atoms with E-state index < -0.39 is 0 Å². The highest BCUT2D eigenvalue weighted by Gasteiger charge is 2.15. The molecule has 0 aliphatic carbocycles. The lowest BCUT2D eigenvalue weighted by atomic mass is 10.1. The molecule has 0 fully saturated rings. The highest BCUT2D eigenvalue weighted by molar-refractivity contribution is 7.80. The van der Waals surface area contributed by atoms with Crippen LogP contribution in [0.25, 0.3) is 0 Å². The maximum atomic E-state index is 12.5. The number of amides is 2. The number of carbonyl (C=O) groups is 2. The van der Waals surface area contributed by atoms with E-state index in [1.807, 2.05) is 43.3 Å². The molecule has 0 saturated heterocycles. The number of benzene rings is 3. The van der Waals surface area contributed by atoms with Crippen molar-refractivity contribution in [1.29, 1.82) is 0 Å². The Morgan fingerprint density at radius 2 is 1.52 bits per heavy atom. The molecule has 2 amide bonds. The Kier molecular flexibility index (Phi) is 7.35. The van der Waals surface area contributed by atoms with E-state index in [2.05, 4.69) is 16.0 Å². The normalized spacial score (nSPS) is 10.1. The van der Waals surface area contributed by atoms with Crippen LogP contribution in [0.1, 0.15) is 21.5 Å². The zero-order valence-electron chi connectivity index (χ0n) is 17.3. The number of hydrogen-bond acceptors (Lipinski definition) is 4. The molecular formula is C24H23N3O3S. The maximum absolute atomic E-state index is 12.5. The van der Waals surface area contributed by atoms with Crippen molar-refractivity contribution in [2.24, 2.45) is 0 Å². The molecule has 0 aliphatic rings. The van der Waals surface area contributed by atoms with Crippen LogP contribution in [0.3, 0.4) is 0 Å². The van der Waals surface area contributed by atoms with Gasteiger partial charge in [0.1, 0.15) is 5.75 Å². The minimum absolute atomic E-state index is 0.0956. The zero-order chi connectivity index (χ0) is 22.2. The summed E-state index contributed by atoms with van der Waals surface area (Å²) in [5, 5.41) is 8.63. The minimum atomic E-state index is -0.358. The number of nitrogens with one attached hydrogen (secondary N) is 3. The fraction of sp³-hybridized carbons (Fsp3) is 0.125. The third-order valence-corrected chi connectivity index (χ3v) is 4.73. The van der Waals surface area contributed by atoms with Crippen molar-refractivity contribution in [1.82, 2.24) is 5.32 Å². The second-order valence-electron chi connectivity index (χ2n) is 6.85. The molecule has 3 aromatic rings. The van der Waals surface area contributed by atoms with Gasteiger partial charge in [-0.15, -0.1) is 0 Å². The molecule has 158 valence electrons. The first-order chi connectivity index (χ1) is 15.0. The monoisotopic (exact) mass is 433 g/mol. The van der Waals surface area contributed by atoms with E-state index in [0.29, 0.717) is 29.1 Å². The van der Waals surface area contributed by atoms with Crippen molar-refractivity contribution in [3.63, 3.8) is 0 Å². The number of hydrogen-bond donors (Lipinski definition) is 3. The summed E-state index contributed by atoms with van der Waals surface area (Å²) in [6, 6.07) is 21.9. The number of carbonyl (C=O) groups excluding carboxylic acids is 2. The van der Waals surface area contributed by atoms with Crippen LogP contribution < -0.4 is 20.7 Å². The summed E-state index contributed by atoms with van der Waals surface area (Å²) < 4.78 is 5.32. The molecule has 0 bridgehead atoms. The highest BCUT2D eigenvalue weighted by atomic mass is 32.1. The molecule has 0 saturated carbocycles. The summed E-state index contributed by atoms with van der Waals surface area (Å²) in [5.41, 5.74) is 3.57. The third-order valence-electron chi connectivity index (χ3n) is 4.52. The molecule has 0 radical (unpaired) electrons. The highest BCUT2D eigenvalue weighted by Crippen LogP contribution is 2.22. The Hall–Kier alpha value is -3.71. The molecule has 3 aromatic carbocycles. The number of aryl methyl sites for hydroxylation is 1. The van der Waals surface area contributed by atoms with Crippen LogP contribution in [0.2, 0.25) is 0 Å². The van der Waals surface area contributed by atoms with E-state index >= 15 is 0 Å². The lowest BCUT2D eigenvalue weighted by molar-refractivity contribution is -0.115. The first kappa shape index (κ1) is 22.0. The van der Waals surface area contributed by atoms with Crippen LogP contribution in [0.15, 0.2) is 72.8 Å². The van der Waals surface area contributed by atoms with Crippen molar-refractivity contribution in [2.45, 2.75) is 13.3 Å². The van der Waals surface area contributed by atoms with Crippen LogP contribution >= 0.6 is 12.2 Å². The SMILES string of the molecule is COc1c(C)cccc1C(=O)NC(=S)Nc1ccc(NC(=O)Cc2ccccc2)cc1. The topological polar surface area (TPSA) is 79.5 Å². The van der Waals surface area contributed by atoms with Gasteiger partial charge in [0.15, 0.2) is 5.11 Å². The van der Waals surface area contributed by atoms with Gasteiger partial charge in [-0.3, -0.25) is 14.9 Å². The second-order valence-corrected chi connectivity index (χ2v) is 7.26. The average molecular weight is 434 g/mol. The van der Waals surface area contributed by atoms with Crippen LogP contribution in [0, 0.1) is 6.92 Å². The van der Waals surface area contributed by atoms with Crippen LogP contribution in [-0.2, 0) is 11.2 Å². The largest absolute Gasteiger partial charge is 0.496 e. The Morgan fingerprint density at radius 1 is 0.871 bits per heavy atom. The molecule has 7 heteroatoms. The van der Waals surface area contributed by atoms with E-state index in [-0.39, 0.29) is 16.9 Å². The summed E-state index contributed by atoms with van der Waals surface area (Å²) in [7, 11) is 1.52. The Labute approximate surface area is 186 Å². The number of thiocarbonyl (C=S) groups is 1. The van der Waals surface area contributed by atoms with Crippen molar-refractivity contribution in [2.75, 3.05) is 17.7 Å². The zero-order valence-corrected chi connectivity index (χ0v) is 18.1. The van der Waals surface area contributed by atoms with Gasteiger partial charge >= 0.3 is 0 Å². The van der Waals surface area contributed by atoms with E-state index in [1.54, 1.807) is 36.4 Å². The number of methoxy groups -OCH3 is 1. The van der Waals surface area contributed by atoms with Gasteiger partial charge < -0.3 is 15.4 Å². The fourth-order valence-electron chi connectivity index (χ4n) is 3.06. The van der Waals surface area contributed by atoms with Gasteiger partial charge in [-0.1, -0.05) is 42.5 Å². The van der Waals surface area contributed by atoms with E-state index in [1.165, 1.54) is 7.11 Å². The third kappa shape index (κ3) is 6.13. The van der Waals surface area contributed by atoms with E-state index in [4.69, 9.17) is 17.0 Å². The summed E-state index contributed by atoms with van der Waals surface area (Å²) in [4.78, 5) is 24.7. The quantitative estimate of drug-likeness (QED) is 0.505. The molecule has 6 nitrogen and oxygen atoms in total. The summed E-state index contributed by atoms with van der Waals surface area (Å²) in [6.45, 7) is 1.87. The molecule has 0 aliphatic heterocycles. The van der Waals surface area contributed by atoms with Crippen LogP contribution in [-0.4, -0.2) is 24.0 Å². The molecule has 3 N–H and O–H groups in total. The number of ether oxygens (including phenoxy) is 1. The summed E-state index contributed by atoms with van der Waals surface area (Å²) in [5.74, 6) is 0.0584. The molecule has 0 atom stereocenters. The van der Waals surface area contributed by atoms with E-state index in [0.717, 1.165) is 11.1 Å². The van der Waals surface area contributed by atoms with Crippen molar-refractivity contribution in [3.05, 3.63) is 89.5 Å². The van der Waals surface area contributed by atoms with Crippen molar-refractivity contribution in [3.8, 4) is 5.75 Å². The average Bonchev–Trinajstić information content (AvgIpc) is 2.75. The minimum Gasteiger partial charge on any atom is -0.496 e. The summed E-state index contributed by atoms with van der Waals surface area (Å²) in [6.07, 6.45) is 0.305. The molecule has 0 spiro atoms. The van der Waals surface area contributed by atoms with Gasteiger partial charge in [0.05, 0.1) is 19.1 Å². The van der Waals surface area contributed by atoms with Crippen LogP contribution in [0.5, 0.6) is 5.75 Å². The first-order valence-corrected chi connectivity index (χ1v) is 10.1. The predicted octanol–water partition coefficient (Wildman–Crippen LogP) is 4.31. The van der Waals surface area contributed by atoms with Gasteiger partial charge in [-0.2, -0.15) is 0 Å². The molecule has 3 rings (SSSR count). The lowest BCUT2D eigenvalue weighted by Crippen LogP contribution is -2.34. The smallest absolute Gasteiger partial charge is 0.261 e. The number of para-hydroxylation sites is 1. The molecule has 0 heterocycles.